The number of rotatable bonds is 12. The fourth-order valence-electron chi connectivity index (χ4n) is 2.76. The summed E-state index contributed by atoms with van der Waals surface area (Å²) in [5, 5.41) is 62.7. The first kappa shape index (κ1) is 46.3. The van der Waals surface area contributed by atoms with Crippen LogP contribution in [0, 0.1) is 0 Å². The minimum atomic E-state index is -1.23. The molecule has 0 aliphatic heterocycles. The van der Waals surface area contributed by atoms with Crippen LogP contribution in [0.15, 0.2) is 24.3 Å². The Morgan fingerprint density at radius 1 is 0.675 bits per heavy atom. The van der Waals surface area contributed by atoms with Crippen molar-refractivity contribution in [3.05, 3.63) is 45.4 Å². The molecular formula is C22H26Cl2K2N2O12. The summed E-state index contributed by atoms with van der Waals surface area (Å²) in [6.45, 7) is -0.811. The van der Waals surface area contributed by atoms with Crippen LogP contribution in [0.5, 0.6) is 11.5 Å². The molecule has 14 nitrogen and oxygen atoms in total. The van der Waals surface area contributed by atoms with Gasteiger partial charge in [-0.25, -0.2) is 0 Å². The molecule has 0 saturated carbocycles. The van der Waals surface area contributed by atoms with E-state index in [4.69, 9.17) is 33.4 Å². The molecule has 0 saturated heterocycles. The predicted octanol–water partition coefficient (Wildman–Crippen LogP) is -7.19. The van der Waals surface area contributed by atoms with E-state index >= 15 is 0 Å². The van der Waals surface area contributed by atoms with Crippen LogP contribution in [-0.4, -0.2) is 68.3 Å². The Morgan fingerprint density at radius 3 is 1.23 bits per heavy atom. The van der Waals surface area contributed by atoms with Gasteiger partial charge in [0.2, 0.25) is 0 Å². The first-order chi connectivity index (χ1) is 16.8. The monoisotopic (exact) mass is 658 g/mol. The molecular weight excluding hydrogens is 633 g/mol. The van der Waals surface area contributed by atoms with Crippen molar-refractivity contribution < 1.29 is 164 Å². The Balaban J connectivity index is -0.000000295. The zero-order chi connectivity index (χ0) is 27.4. The zero-order valence-electron chi connectivity index (χ0n) is 21.5. The maximum absolute atomic E-state index is 10.4. The summed E-state index contributed by atoms with van der Waals surface area (Å²) >= 11 is 11.6. The van der Waals surface area contributed by atoms with Gasteiger partial charge in [-0.1, -0.05) is 35.3 Å². The Labute approximate surface area is 323 Å². The number of carboxylic acid groups (broad SMARTS) is 4. The standard InChI is InChI=1S/2C11H12ClNO5.2K.2H2O/c2*12-7-3-1-6(2-4-8(14)15)11(18)10(7)13-5-9(16)17;;;;/h2*1,3,13,18H,2,4-5H2,(H,14,15)(H,16,17);;;2*1H2/q;;2*+1;;/p-2. The van der Waals surface area contributed by atoms with Gasteiger partial charge in [-0.15, -0.1) is 0 Å². The summed E-state index contributed by atoms with van der Waals surface area (Å²) in [5.41, 5.74) is 0.873. The van der Waals surface area contributed by atoms with Gasteiger partial charge < -0.3 is 61.8 Å². The van der Waals surface area contributed by atoms with Gasteiger partial charge in [-0.3, -0.25) is 9.59 Å². The van der Waals surface area contributed by atoms with Gasteiger partial charge in [-0.05, 0) is 48.9 Å². The maximum Gasteiger partial charge on any atom is 1.00 e. The van der Waals surface area contributed by atoms with Crippen LogP contribution in [0.1, 0.15) is 24.0 Å². The number of carbonyl (C=O) groups is 4. The number of halogens is 2. The minimum absolute atomic E-state index is 0. The van der Waals surface area contributed by atoms with Crippen molar-refractivity contribution in [1.82, 2.24) is 0 Å². The van der Waals surface area contributed by atoms with E-state index in [9.17, 15) is 39.6 Å². The minimum Gasteiger partial charge on any atom is -0.550 e. The second kappa shape index (κ2) is 23.8. The zero-order valence-corrected chi connectivity index (χ0v) is 29.3. The normalized spacial score (nSPS) is 9.05. The molecule has 2 rings (SSSR count). The molecule has 0 fully saturated rings. The third-order valence-electron chi connectivity index (χ3n) is 4.45. The molecule has 10 N–H and O–H groups in total. The number of phenolic OH excluding ortho intramolecular Hbond substituents is 2. The molecule has 2 aromatic carbocycles. The number of hydrogen-bond donors (Lipinski definition) is 6. The van der Waals surface area contributed by atoms with E-state index in [-0.39, 0.29) is 172 Å². The van der Waals surface area contributed by atoms with E-state index in [1.54, 1.807) is 0 Å². The van der Waals surface area contributed by atoms with Crippen LogP contribution >= 0.6 is 23.2 Å². The third kappa shape index (κ3) is 17.3. The van der Waals surface area contributed by atoms with Crippen LogP contribution in [-0.2, 0) is 32.0 Å². The van der Waals surface area contributed by atoms with Crippen molar-refractivity contribution in [2.45, 2.75) is 25.7 Å². The molecule has 18 heteroatoms. The summed E-state index contributed by atoms with van der Waals surface area (Å²) in [6.07, 6.45) is -0.332. The molecule has 0 aliphatic carbocycles. The van der Waals surface area contributed by atoms with Crippen molar-refractivity contribution in [2.24, 2.45) is 0 Å². The molecule has 0 aliphatic rings. The summed E-state index contributed by atoms with van der Waals surface area (Å²) in [5.74, 6) is -5.17. The van der Waals surface area contributed by atoms with Crippen molar-refractivity contribution in [1.29, 1.82) is 0 Å². The third-order valence-corrected chi connectivity index (χ3v) is 5.08. The van der Waals surface area contributed by atoms with E-state index in [2.05, 4.69) is 10.6 Å². The Bertz CT molecular complexity index is 1050. The number of aliphatic carboxylic acids is 4. The molecule has 0 aromatic heterocycles. The maximum atomic E-state index is 10.4. The molecule has 0 bridgehead atoms. The number of aryl methyl sites for hydroxylation is 2. The smallest absolute Gasteiger partial charge is 0.550 e. The SMILES string of the molecule is O.O.O=C([O-])CCc1ccc(Cl)c(NCC(=O)O)c1O.O=C([O-])CCc1ccc(Cl)c(NCC(=O)O)c1O.[K+].[K+]. The second-order valence-electron chi connectivity index (χ2n) is 7.10. The molecule has 212 valence electrons. The Hall–Kier alpha value is -0.707. The molecule has 0 heterocycles. The summed E-state index contributed by atoms with van der Waals surface area (Å²) in [7, 11) is 0. The predicted molar refractivity (Wildman–Crippen MR) is 132 cm³/mol. The van der Waals surface area contributed by atoms with Crippen molar-refractivity contribution in [2.75, 3.05) is 23.7 Å². The second-order valence-corrected chi connectivity index (χ2v) is 7.91. The van der Waals surface area contributed by atoms with Gasteiger partial charge in [0, 0.05) is 11.9 Å². The van der Waals surface area contributed by atoms with Gasteiger partial charge in [0.15, 0.2) is 0 Å². The van der Waals surface area contributed by atoms with Gasteiger partial charge in [0.25, 0.3) is 0 Å². The number of benzene rings is 2. The first-order valence-corrected chi connectivity index (χ1v) is 10.9. The van der Waals surface area contributed by atoms with Gasteiger partial charge >= 0.3 is 115 Å². The fraction of sp³-hybridized carbons (Fsp3) is 0.273. The number of anilines is 2. The molecule has 0 spiro atoms. The van der Waals surface area contributed by atoms with Crippen LogP contribution in [0.2, 0.25) is 10.0 Å². The number of nitrogens with one attached hydrogen (secondary N) is 2. The Kier molecular flexibility index (Phi) is 27.5. The molecule has 2 aromatic rings. The Morgan fingerprint density at radius 2 is 0.975 bits per heavy atom. The van der Waals surface area contributed by atoms with E-state index in [0.717, 1.165) is 0 Å². The van der Waals surface area contributed by atoms with Gasteiger partial charge in [-0.2, -0.15) is 0 Å². The van der Waals surface area contributed by atoms with E-state index in [1.165, 1.54) is 24.3 Å². The van der Waals surface area contributed by atoms with Gasteiger partial charge in [0.05, 0.1) is 21.4 Å². The van der Waals surface area contributed by atoms with Crippen molar-refractivity contribution in [3.63, 3.8) is 0 Å². The van der Waals surface area contributed by atoms with E-state index in [1.807, 2.05) is 0 Å². The van der Waals surface area contributed by atoms with Crippen molar-refractivity contribution >= 4 is 58.5 Å². The van der Waals surface area contributed by atoms with Gasteiger partial charge in [0.1, 0.15) is 24.6 Å². The average molecular weight is 660 g/mol. The average Bonchev–Trinajstić information content (AvgIpc) is 2.77. The summed E-state index contributed by atoms with van der Waals surface area (Å²) in [4.78, 5) is 41.5. The summed E-state index contributed by atoms with van der Waals surface area (Å²) in [6, 6.07) is 5.87. The molecule has 0 radical (unpaired) electrons. The first-order valence-electron chi connectivity index (χ1n) is 10.1. The number of phenols is 2. The fourth-order valence-corrected chi connectivity index (χ4v) is 3.20. The quantitative estimate of drug-likeness (QED) is 0.0916. The molecule has 0 atom stereocenters. The van der Waals surface area contributed by atoms with E-state index in [0.29, 0.717) is 11.1 Å². The molecule has 40 heavy (non-hydrogen) atoms. The van der Waals surface area contributed by atoms with Crippen LogP contribution < -0.4 is 124 Å². The topological polar surface area (TPSA) is 282 Å². The largest absolute Gasteiger partial charge is 1.00 e. The summed E-state index contributed by atoms with van der Waals surface area (Å²) < 4.78 is 0. The molecule has 0 unspecified atom stereocenters. The van der Waals surface area contributed by atoms with Crippen LogP contribution in [0.4, 0.5) is 11.4 Å². The van der Waals surface area contributed by atoms with E-state index < -0.39 is 37.0 Å². The van der Waals surface area contributed by atoms with Crippen LogP contribution in [0.3, 0.4) is 0 Å². The number of carbonyl (C=O) groups excluding carboxylic acids is 2. The number of hydrogen-bond acceptors (Lipinski definition) is 10. The van der Waals surface area contributed by atoms with Crippen molar-refractivity contribution in [3.8, 4) is 11.5 Å². The molecule has 0 amide bonds. The van der Waals surface area contributed by atoms with Crippen LogP contribution in [0.25, 0.3) is 0 Å². The number of carboxylic acids is 4. The number of aromatic hydroxyl groups is 2.